The number of fused-ring (bicyclic) bond motifs is 1. The predicted molar refractivity (Wildman–Crippen MR) is 143 cm³/mol. The molecule has 0 bridgehead atoms. The number of hydrogen-bond acceptors (Lipinski definition) is 6. The number of rotatable bonds is 6. The Morgan fingerprint density at radius 2 is 1.84 bits per heavy atom. The van der Waals surface area contributed by atoms with Crippen molar-refractivity contribution < 1.29 is 18.7 Å². The van der Waals surface area contributed by atoms with Crippen molar-refractivity contribution in [2.75, 3.05) is 31.1 Å². The number of thioether (sulfide) groups is 1. The molecule has 0 radical (unpaired) electrons. The third-order valence-electron chi connectivity index (χ3n) is 7.17. The topological polar surface area (TPSA) is 62.7 Å². The number of aromatic nitrogens is 1. The number of amides is 2. The van der Waals surface area contributed by atoms with Crippen LogP contribution in [0, 0.1) is 11.7 Å². The fourth-order valence-corrected chi connectivity index (χ4v) is 6.62. The lowest BCUT2D eigenvalue weighted by molar-refractivity contribution is -0.134. The molecule has 3 aromatic rings. The fraction of sp³-hybridized carbons (Fsp3) is 0.393. The highest BCUT2D eigenvalue weighted by molar-refractivity contribution is 7.99. The molecule has 9 heteroatoms. The summed E-state index contributed by atoms with van der Waals surface area (Å²) in [6, 6.07) is 12.2. The molecule has 1 aromatic heterocycles. The zero-order chi connectivity index (χ0) is 25.4. The molecule has 6 nitrogen and oxygen atoms in total. The molecule has 1 saturated carbocycles. The summed E-state index contributed by atoms with van der Waals surface area (Å²) < 4.78 is 19.8. The number of halogens is 1. The number of carbonyl (C=O) groups excluding carboxylic acids is 2. The highest BCUT2D eigenvalue weighted by Crippen LogP contribution is 2.41. The zero-order valence-corrected chi connectivity index (χ0v) is 22.0. The van der Waals surface area contributed by atoms with Crippen LogP contribution >= 0.6 is 23.1 Å². The number of nitrogens with zero attached hydrogens (tertiary/aromatic N) is 3. The first-order valence-electron chi connectivity index (χ1n) is 12.7. The highest BCUT2D eigenvalue weighted by atomic mass is 32.2. The summed E-state index contributed by atoms with van der Waals surface area (Å²) in [5.74, 6) is 2.59. The van der Waals surface area contributed by atoms with Crippen molar-refractivity contribution in [2.45, 2.75) is 31.9 Å². The minimum absolute atomic E-state index is 0.0147. The maximum atomic E-state index is 13.7. The first kappa shape index (κ1) is 24.4. The first-order chi connectivity index (χ1) is 18.1. The van der Waals surface area contributed by atoms with Gasteiger partial charge in [-0.25, -0.2) is 9.37 Å². The van der Waals surface area contributed by atoms with Gasteiger partial charge in [0.25, 0.3) is 5.91 Å². The fourth-order valence-electron chi connectivity index (χ4n) is 5.04. The lowest BCUT2D eigenvalue weighted by atomic mass is 9.87. The molecular weight excluding hydrogens is 509 g/mol. The van der Waals surface area contributed by atoms with Gasteiger partial charge in [0.15, 0.2) is 0 Å². The Kier molecular flexibility index (Phi) is 6.90. The van der Waals surface area contributed by atoms with Gasteiger partial charge in [0, 0.05) is 42.4 Å². The Morgan fingerprint density at radius 1 is 1.05 bits per heavy atom. The van der Waals surface area contributed by atoms with Gasteiger partial charge in [0.05, 0.1) is 6.04 Å². The average molecular weight is 538 g/mol. The van der Waals surface area contributed by atoms with Crippen molar-refractivity contribution in [1.29, 1.82) is 0 Å². The Bertz CT molecular complexity index is 1300. The molecule has 1 saturated heterocycles. The van der Waals surface area contributed by atoms with Gasteiger partial charge in [-0.3, -0.25) is 9.59 Å². The second kappa shape index (κ2) is 10.5. The van der Waals surface area contributed by atoms with Crippen molar-refractivity contribution >= 4 is 34.9 Å². The van der Waals surface area contributed by atoms with Crippen LogP contribution in [0.25, 0.3) is 0 Å². The SMILES string of the molecule is O=C(c1csc(COc2ccc3c(c2)C(c2ccc(F)cc2)N(C(=O)C2CC2)CC3)n1)N1CCSCC1. The van der Waals surface area contributed by atoms with Crippen molar-refractivity contribution in [3.05, 3.63) is 81.1 Å². The molecule has 192 valence electrons. The van der Waals surface area contributed by atoms with E-state index in [0.29, 0.717) is 18.0 Å². The Hall–Kier alpha value is -2.91. The van der Waals surface area contributed by atoms with Gasteiger partial charge in [0.1, 0.15) is 28.9 Å². The van der Waals surface area contributed by atoms with Crippen LogP contribution in [0.15, 0.2) is 47.8 Å². The summed E-state index contributed by atoms with van der Waals surface area (Å²) in [4.78, 5) is 34.3. The number of benzene rings is 2. The van der Waals surface area contributed by atoms with E-state index in [1.807, 2.05) is 39.1 Å². The van der Waals surface area contributed by atoms with Gasteiger partial charge in [-0.15, -0.1) is 11.3 Å². The lowest BCUT2D eigenvalue weighted by Crippen LogP contribution is -2.41. The lowest BCUT2D eigenvalue weighted by Gasteiger charge is -2.38. The van der Waals surface area contributed by atoms with Gasteiger partial charge < -0.3 is 14.5 Å². The second-order valence-electron chi connectivity index (χ2n) is 9.69. The van der Waals surface area contributed by atoms with Crippen molar-refractivity contribution in [3.8, 4) is 5.75 Å². The largest absolute Gasteiger partial charge is 0.486 e. The van der Waals surface area contributed by atoms with E-state index in [1.165, 1.54) is 29.0 Å². The summed E-state index contributed by atoms with van der Waals surface area (Å²) >= 11 is 3.29. The standard InChI is InChI=1S/C28H28FN3O3S2/c29-21-6-3-19(4-7-21)26-23-15-22(8-5-18(23)9-10-32(26)27(33)20-1-2-20)35-16-25-30-24(17-37-25)28(34)31-11-13-36-14-12-31/h3-8,15,17,20,26H,1-2,9-14,16H2. The third-order valence-corrected chi connectivity index (χ3v) is 8.94. The van der Waals surface area contributed by atoms with E-state index in [2.05, 4.69) is 11.1 Å². The minimum atomic E-state index is -0.294. The van der Waals surface area contributed by atoms with E-state index in [4.69, 9.17) is 4.74 Å². The van der Waals surface area contributed by atoms with Gasteiger partial charge in [0.2, 0.25) is 5.91 Å². The molecule has 37 heavy (non-hydrogen) atoms. The molecule has 3 heterocycles. The first-order valence-corrected chi connectivity index (χ1v) is 14.7. The van der Waals surface area contributed by atoms with Crippen LogP contribution < -0.4 is 4.74 Å². The van der Waals surface area contributed by atoms with Crippen LogP contribution in [0.2, 0.25) is 0 Å². The molecule has 1 atom stereocenters. The molecule has 2 aliphatic heterocycles. The van der Waals surface area contributed by atoms with Crippen molar-refractivity contribution in [3.63, 3.8) is 0 Å². The third kappa shape index (κ3) is 5.25. The highest BCUT2D eigenvalue weighted by Gasteiger charge is 2.39. The Morgan fingerprint density at radius 3 is 2.59 bits per heavy atom. The van der Waals surface area contributed by atoms with Crippen LogP contribution in [0.3, 0.4) is 0 Å². The summed E-state index contributed by atoms with van der Waals surface area (Å²) in [7, 11) is 0. The number of ether oxygens (including phenoxy) is 1. The Balaban J connectivity index is 1.21. The van der Waals surface area contributed by atoms with Crippen molar-refractivity contribution in [2.24, 2.45) is 5.92 Å². The Labute approximate surface area is 223 Å². The molecule has 3 aliphatic rings. The summed E-state index contributed by atoms with van der Waals surface area (Å²) in [5.41, 5.74) is 3.56. The molecule has 2 aromatic carbocycles. The summed E-state index contributed by atoms with van der Waals surface area (Å²) in [6.07, 6.45) is 2.66. The maximum absolute atomic E-state index is 13.7. The molecule has 2 amide bonds. The summed E-state index contributed by atoms with van der Waals surface area (Å²) in [6.45, 7) is 2.43. The molecule has 1 aliphatic carbocycles. The summed E-state index contributed by atoms with van der Waals surface area (Å²) in [5, 5.41) is 2.55. The van der Waals surface area contributed by atoms with Crippen molar-refractivity contribution in [1.82, 2.24) is 14.8 Å². The van der Waals surface area contributed by atoms with Gasteiger partial charge in [-0.2, -0.15) is 11.8 Å². The molecule has 0 N–H and O–H groups in total. The normalized spacial score (nSPS) is 19.4. The monoisotopic (exact) mass is 537 g/mol. The van der Waals surface area contributed by atoms with Crippen LogP contribution in [0.4, 0.5) is 4.39 Å². The van der Waals surface area contributed by atoms with E-state index in [9.17, 15) is 14.0 Å². The van der Waals surface area contributed by atoms with E-state index in [-0.39, 0.29) is 36.2 Å². The molecule has 0 spiro atoms. The predicted octanol–water partition coefficient (Wildman–Crippen LogP) is 4.93. The second-order valence-corrected chi connectivity index (χ2v) is 11.9. The van der Waals surface area contributed by atoms with E-state index in [0.717, 1.165) is 60.0 Å². The quantitative estimate of drug-likeness (QED) is 0.446. The number of hydrogen-bond donors (Lipinski definition) is 0. The van der Waals surface area contributed by atoms with Crippen LogP contribution in [-0.4, -0.2) is 57.7 Å². The number of thiazole rings is 1. The average Bonchev–Trinajstić information content (AvgIpc) is 3.68. The van der Waals surface area contributed by atoms with Crippen LogP contribution in [0.1, 0.15) is 51.1 Å². The minimum Gasteiger partial charge on any atom is -0.486 e. The molecule has 6 rings (SSSR count). The van der Waals surface area contributed by atoms with Gasteiger partial charge in [-0.05, 0) is 60.2 Å². The molecule has 2 fully saturated rings. The van der Waals surface area contributed by atoms with Gasteiger partial charge >= 0.3 is 0 Å². The smallest absolute Gasteiger partial charge is 0.273 e. The zero-order valence-electron chi connectivity index (χ0n) is 20.4. The maximum Gasteiger partial charge on any atom is 0.273 e. The number of carbonyl (C=O) groups is 2. The van der Waals surface area contributed by atoms with Crippen LogP contribution in [-0.2, 0) is 17.8 Å². The van der Waals surface area contributed by atoms with Gasteiger partial charge in [-0.1, -0.05) is 18.2 Å². The molecular formula is C28H28FN3O3S2. The van der Waals surface area contributed by atoms with Crippen LogP contribution in [0.5, 0.6) is 5.75 Å². The van der Waals surface area contributed by atoms with E-state index < -0.39 is 0 Å². The van der Waals surface area contributed by atoms with E-state index in [1.54, 1.807) is 12.1 Å². The molecule has 1 unspecified atom stereocenters. The van der Waals surface area contributed by atoms with E-state index >= 15 is 0 Å².